The Morgan fingerprint density at radius 3 is 2.50 bits per heavy atom. The summed E-state index contributed by atoms with van der Waals surface area (Å²) in [4.78, 5) is 13.7. The minimum absolute atomic E-state index is 0.0285. The number of carbonyl (C=O) groups excluding carboxylic acids is 1. The molecule has 0 fully saturated rings. The van der Waals surface area contributed by atoms with Crippen LogP contribution >= 0.6 is 0 Å². The lowest BCUT2D eigenvalue weighted by atomic mass is 10.2. The third-order valence-corrected chi connectivity index (χ3v) is 2.50. The highest BCUT2D eigenvalue weighted by molar-refractivity contribution is 5.77. The average molecular weight is 232 g/mol. The fourth-order valence-electron chi connectivity index (χ4n) is 1.49. The number of methoxy groups -OCH3 is 1. The first kappa shape index (κ1) is 15.3. The minimum Gasteiger partial charge on any atom is -0.396 e. The van der Waals surface area contributed by atoms with Gasteiger partial charge in [0.05, 0.1) is 12.5 Å². The van der Waals surface area contributed by atoms with Crippen molar-refractivity contribution in [1.29, 1.82) is 0 Å². The van der Waals surface area contributed by atoms with Crippen molar-refractivity contribution in [3.05, 3.63) is 0 Å². The van der Waals surface area contributed by atoms with Gasteiger partial charge in [-0.2, -0.15) is 0 Å². The summed E-state index contributed by atoms with van der Waals surface area (Å²) in [5, 5.41) is 8.77. The van der Waals surface area contributed by atoms with E-state index in [9.17, 15) is 4.79 Å². The number of hydrogen-bond acceptors (Lipinski definition) is 4. The van der Waals surface area contributed by atoms with Crippen molar-refractivity contribution < 1.29 is 14.6 Å². The number of amides is 1. The van der Waals surface area contributed by atoms with Gasteiger partial charge in [-0.05, 0) is 20.3 Å². The topological polar surface area (TPSA) is 75.8 Å². The largest absolute Gasteiger partial charge is 0.396 e. The van der Waals surface area contributed by atoms with E-state index in [1.165, 1.54) is 0 Å². The standard InChI is InChI=1S/C11H24N2O3/c1-9(2)13(5-4-6-14)11(15)7-10(8-12)16-3/h9-10,14H,4-8,12H2,1-3H3. The van der Waals surface area contributed by atoms with Gasteiger partial charge in [-0.1, -0.05) is 0 Å². The molecule has 0 aromatic heterocycles. The highest BCUT2D eigenvalue weighted by Crippen LogP contribution is 2.06. The molecule has 3 N–H and O–H groups in total. The molecule has 1 amide bonds. The number of nitrogens with two attached hydrogens (primary N) is 1. The van der Waals surface area contributed by atoms with Crippen LogP contribution < -0.4 is 5.73 Å². The van der Waals surface area contributed by atoms with E-state index in [1.807, 2.05) is 13.8 Å². The lowest BCUT2D eigenvalue weighted by Crippen LogP contribution is -2.41. The van der Waals surface area contributed by atoms with Crippen LogP contribution in [0.4, 0.5) is 0 Å². The van der Waals surface area contributed by atoms with Gasteiger partial charge < -0.3 is 20.5 Å². The molecule has 0 aromatic rings. The number of aliphatic hydroxyl groups excluding tert-OH is 1. The molecule has 1 unspecified atom stereocenters. The molecule has 0 bridgehead atoms. The van der Waals surface area contributed by atoms with E-state index in [0.717, 1.165) is 0 Å². The van der Waals surface area contributed by atoms with Gasteiger partial charge in [-0.15, -0.1) is 0 Å². The van der Waals surface area contributed by atoms with Crippen LogP contribution in [0.5, 0.6) is 0 Å². The smallest absolute Gasteiger partial charge is 0.225 e. The monoisotopic (exact) mass is 232 g/mol. The summed E-state index contributed by atoms with van der Waals surface area (Å²) >= 11 is 0. The van der Waals surface area contributed by atoms with Crippen LogP contribution in [0.15, 0.2) is 0 Å². The third kappa shape index (κ3) is 5.44. The fraction of sp³-hybridized carbons (Fsp3) is 0.909. The molecule has 0 heterocycles. The Morgan fingerprint density at radius 1 is 1.50 bits per heavy atom. The Bertz CT molecular complexity index is 194. The fourth-order valence-corrected chi connectivity index (χ4v) is 1.49. The molecular weight excluding hydrogens is 208 g/mol. The van der Waals surface area contributed by atoms with Crippen LogP contribution in [-0.2, 0) is 9.53 Å². The first-order valence-corrected chi connectivity index (χ1v) is 5.70. The molecule has 0 spiro atoms. The maximum absolute atomic E-state index is 11.9. The molecule has 5 nitrogen and oxygen atoms in total. The second-order valence-electron chi connectivity index (χ2n) is 4.06. The number of ether oxygens (including phenoxy) is 1. The number of nitrogens with zero attached hydrogens (tertiary/aromatic N) is 1. The van der Waals surface area contributed by atoms with Gasteiger partial charge in [0.1, 0.15) is 0 Å². The number of rotatable bonds is 8. The summed E-state index contributed by atoms with van der Waals surface area (Å²) in [6, 6.07) is 0.134. The van der Waals surface area contributed by atoms with Gasteiger partial charge in [0.25, 0.3) is 0 Å². The highest BCUT2D eigenvalue weighted by Gasteiger charge is 2.19. The molecule has 0 radical (unpaired) electrons. The van der Waals surface area contributed by atoms with Crippen molar-refractivity contribution in [3.8, 4) is 0 Å². The van der Waals surface area contributed by atoms with Gasteiger partial charge >= 0.3 is 0 Å². The van der Waals surface area contributed by atoms with E-state index in [0.29, 0.717) is 25.9 Å². The molecule has 0 aliphatic rings. The Kier molecular flexibility index (Phi) is 8.15. The maximum Gasteiger partial charge on any atom is 0.225 e. The predicted molar refractivity (Wildman–Crippen MR) is 63.0 cm³/mol. The quantitative estimate of drug-likeness (QED) is 0.616. The second kappa shape index (κ2) is 8.50. The van der Waals surface area contributed by atoms with Crippen LogP contribution in [0.1, 0.15) is 26.7 Å². The van der Waals surface area contributed by atoms with Crippen LogP contribution in [0, 0.1) is 0 Å². The Labute approximate surface area is 97.6 Å². The lowest BCUT2D eigenvalue weighted by molar-refractivity contribution is -0.135. The lowest BCUT2D eigenvalue weighted by Gasteiger charge is -2.28. The molecule has 0 saturated carbocycles. The molecule has 0 rings (SSSR count). The van der Waals surface area contributed by atoms with Crippen LogP contribution in [0.2, 0.25) is 0 Å². The van der Waals surface area contributed by atoms with Crippen molar-refractivity contribution >= 4 is 5.91 Å². The van der Waals surface area contributed by atoms with E-state index in [4.69, 9.17) is 15.6 Å². The van der Waals surface area contributed by atoms with Crippen LogP contribution in [-0.4, -0.2) is 54.9 Å². The summed E-state index contributed by atoms with van der Waals surface area (Å²) in [5.74, 6) is 0.0285. The zero-order valence-corrected chi connectivity index (χ0v) is 10.5. The van der Waals surface area contributed by atoms with Crippen molar-refractivity contribution in [1.82, 2.24) is 4.90 Å². The van der Waals surface area contributed by atoms with E-state index in [1.54, 1.807) is 12.0 Å². The summed E-state index contributed by atoms with van der Waals surface area (Å²) in [6.07, 6.45) is 0.684. The Hall–Kier alpha value is -0.650. The molecule has 96 valence electrons. The normalized spacial score (nSPS) is 12.9. The zero-order valence-electron chi connectivity index (χ0n) is 10.5. The maximum atomic E-state index is 11.9. The van der Waals surface area contributed by atoms with Gasteiger partial charge in [0.2, 0.25) is 5.91 Å². The molecular formula is C11H24N2O3. The number of aliphatic hydroxyl groups is 1. The van der Waals surface area contributed by atoms with Crippen LogP contribution in [0.3, 0.4) is 0 Å². The molecule has 16 heavy (non-hydrogen) atoms. The van der Waals surface area contributed by atoms with E-state index < -0.39 is 0 Å². The van der Waals surface area contributed by atoms with Crippen molar-refractivity contribution in [2.24, 2.45) is 5.73 Å². The summed E-state index contributed by atoms with van der Waals surface area (Å²) in [5.41, 5.74) is 5.47. The van der Waals surface area contributed by atoms with Crippen molar-refractivity contribution in [2.75, 3.05) is 26.8 Å². The Balaban J connectivity index is 4.26. The van der Waals surface area contributed by atoms with E-state index in [2.05, 4.69) is 0 Å². The summed E-state index contributed by atoms with van der Waals surface area (Å²) in [7, 11) is 1.55. The van der Waals surface area contributed by atoms with Gasteiger partial charge in [0, 0.05) is 32.8 Å². The predicted octanol–water partition coefficient (Wildman–Crippen LogP) is -0.0304. The molecule has 0 aliphatic carbocycles. The molecule has 5 heteroatoms. The van der Waals surface area contributed by atoms with E-state index in [-0.39, 0.29) is 24.7 Å². The molecule has 1 atom stereocenters. The van der Waals surface area contributed by atoms with Gasteiger partial charge in [-0.25, -0.2) is 0 Å². The first-order valence-electron chi connectivity index (χ1n) is 5.70. The van der Waals surface area contributed by atoms with E-state index >= 15 is 0 Å². The number of carbonyl (C=O) groups is 1. The summed E-state index contributed by atoms with van der Waals surface area (Å²) < 4.78 is 5.08. The molecule has 0 aliphatic heterocycles. The van der Waals surface area contributed by atoms with Crippen LogP contribution in [0.25, 0.3) is 0 Å². The van der Waals surface area contributed by atoms with Crippen molar-refractivity contribution in [3.63, 3.8) is 0 Å². The first-order chi connectivity index (χ1) is 7.56. The average Bonchev–Trinajstić information content (AvgIpc) is 2.25. The SMILES string of the molecule is COC(CN)CC(=O)N(CCCO)C(C)C. The molecule has 0 aromatic carbocycles. The Morgan fingerprint density at radius 2 is 2.12 bits per heavy atom. The van der Waals surface area contributed by atoms with Gasteiger partial charge in [0.15, 0.2) is 0 Å². The summed E-state index contributed by atoms with van der Waals surface area (Å²) in [6.45, 7) is 4.93. The second-order valence-corrected chi connectivity index (χ2v) is 4.06. The van der Waals surface area contributed by atoms with Crippen molar-refractivity contribution in [2.45, 2.75) is 38.8 Å². The minimum atomic E-state index is -0.220. The third-order valence-electron chi connectivity index (χ3n) is 2.50. The van der Waals surface area contributed by atoms with Gasteiger partial charge in [-0.3, -0.25) is 4.79 Å². The zero-order chi connectivity index (χ0) is 12.6. The molecule has 0 saturated heterocycles. The highest BCUT2D eigenvalue weighted by atomic mass is 16.5. The number of hydrogen-bond donors (Lipinski definition) is 2.